The third-order valence-corrected chi connectivity index (χ3v) is 3.69. The molecule has 2 aliphatic heterocycles. The minimum atomic E-state index is -0.707. The lowest BCUT2D eigenvalue weighted by atomic mass is 9.95. The Morgan fingerprint density at radius 3 is 1.43 bits per heavy atom. The topological polar surface area (TPSA) is 71.1 Å². The molecule has 0 atom stereocenters. The van der Waals surface area contributed by atoms with E-state index in [1.54, 1.807) is 53.7 Å². The molecule has 0 N–H and O–H groups in total. The van der Waals surface area contributed by atoms with Gasteiger partial charge in [0.2, 0.25) is 0 Å². The van der Waals surface area contributed by atoms with Gasteiger partial charge in [0.25, 0.3) is 0 Å². The Bertz CT molecular complexity index is 687. The lowest BCUT2D eigenvalue weighted by Gasteiger charge is -2.25. The van der Waals surface area contributed by atoms with Crippen molar-refractivity contribution < 1.29 is 28.5 Å². The molecule has 2 bridgehead atoms. The summed E-state index contributed by atoms with van der Waals surface area (Å²) in [7, 11) is 0. The summed E-state index contributed by atoms with van der Waals surface area (Å²) in [6, 6.07) is 3.55. The predicted molar refractivity (Wildman–Crippen MR) is 105 cm³/mol. The van der Waals surface area contributed by atoms with Gasteiger partial charge in [-0.25, -0.2) is 9.59 Å². The lowest BCUT2D eigenvalue weighted by Crippen LogP contribution is -2.30. The predicted octanol–water partition coefficient (Wildman–Crippen LogP) is 4.20. The molecule has 2 heterocycles. The van der Waals surface area contributed by atoms with Crippen LogP contribution in [0.15, 0.2) is 24.3 Å². The number of ether oxygens (including phenoxy) is 4. The maximum absolute atomic E-state index is 13.0. The molecule has 28 heavy (non-hydrogen) atoms. The molecule has 0 saturated carbocycles. The smallest absolute Gasteiger partial charge is 0.339 e. The van der Waals surface area contributed by atoms with Gasteiger partial charge in [0, 0.05) is 0 Å². The van der Waals surface area contributed by atoms with Gasteiger partial charge in [-0.1, -0.05) is 24.3 Å². The minimum absolute atomic E-state index is 0.176. The van der Waals surface area contributed by atoms with Crippen molar-refractivity contribution in [1.29, 1.82) is 0 Å². The van der Waals surface area contributed by atoms with Gasteiger partial charge < -0.3 is 18.9 Å². The zero-order chi connectivity index (χ0) is 20.9. The standard InChI is InChI=1S/C22H30O6/c1-21(2,3)27-19(23)17-15-9-10-16(14-26-12-8-7-11-25-13-15)18(17)20(24)28-22(4,5)6/h7-10H,11-14H2,1-6H3/b8-7+. The quantitative estimate of drug-likeness (QED) is 0.557. The normalized spacial score (nSPS) is 16.6. The summed E-state index contributed by atoms with van der Waals surface area (Å²) in [6.45, 7) is 11.8. The number of hydrogen-bond donors (Lipinski definition) is 0. The van der Waals surface area contributed by atoms with Crippen LogP contribution < -0.4 is 0 Å². The first-order valence-electron chi connectivity index (χ1n) is 9.40. The maximum Gasteiger partial charge on any atom is 0.339 e. The fourth-order valence-electron chi connectivity index (χ4n) is 2.66. The molecule has 1 aromatic carbocycles. The molecular formula is C22H30O6. The lowest BCUT2D eigenvalue weighted by molar-refractivity contribution is 0.00119. The Morgan fingerprint density at radius 1 is 0.750 bits per heavy atom. The van der Waals surface area contributed by atoms with Crippen LogP contribution in [0.3, 0.4) is 0 Å². The zero-order valence-electron chi connectivity index (χ0n) is 17.6. The molecule has 3 rings (SSSR count). The van der Waals surface area contributed by atoms with Gasteiger partial charge >= 0.3 is 11.9 Å². The van der Waals surface area contributed by atoms with Crippen LogP contribution in [-0.4, -0.2) is 36.4 Å². The first kappa shape index (κ1) is 22.1. The molecule has 0 spiro atoms. The van der Waals surface area contributed by atoms with Gasteiger partial charge in [-0.15, -0.1) is 0 Å². The fourth-order valence-corrected chi connectivity index (χ4v) is 2.66. The zero-order valence-corrected chi connectivity index (χ0v) is 17.6. The molecular weight excluding hydrogens is 360 g/mol. The van der Waals surface area contributed by atoms with E-state index in [4.69, 9.17) is 18.9 Å². The van der Waals surface area contributed by atoms with Crippen LogP contribution in [0.1, 0.15) is 73.4 Å². The molecule has 6 heteroatoms. The number of rotatable bonds is 2. The summed E-state index contributed by atoms with van der Waals surface area (Å²) < 4.78 is 22.4. The summed E-state index contributed by atoms with van der Waals surface area (Å²) in [6.07, 6.45) is 3.71. The van der Waals surface area contributed by atoms with E-state index < -0.39 is 23.1 Å². The van der Waals surface area contributed by atoms with E-state index in [1.165, 1.54) is 0 Å². The molecule has 0 aliphatic carbocycles. The van der Waals surface area contributed by atoms with E-state index in [0.29, 0.717) is 24.3 Å². The number of benzene rings is 1. The molecule has 0 aromatic heterocycles. The Morgan fingerprint density at radius 2 is 1.11 bits per heavy atom. The highest BCUT2D eigenvalue weighted by molar-refractivity contribution is 6.05. The van der Waals surface area contributed by atoms with E-state index in [2.05, 4.69) is 0 Å². The van der Waals surface area contributed by atoms with E-state index in [1.807, 2.05) is 12.2 Å². The molecule has 0 fully saturated rings. The number of esters is 2. The molecule has 6 nitrogen and oxygen atoms in total. The van der Waals surface area contributed by atoms with Crippen LogP contribution in [0.5, 0.6) is 0 Å². The second-order valence-electron chi connectivity index (χ2n) is 8.64. The van der Waals surface area contributed by atoms with Gasteiger partial charge in [0.1, 0.15) is 11.2 Å². The highest BCUT2D eigenvalue weighted by atomic mass is 16.6. The van der Waals surface area contributed by atoms with E-state index in [9.17, 15) is 9.59 Å². The summed E-state index contributed by atoms with van der Waals surface area (Å²) in [5, 5.41) is 0. The maximum atomic E-state index is 13.0. The first-order chi connectivity index (χ1) is 13.0. The highest BCUT2D eigenvalue weighted by Crippen LogP contribution is 2.27. The molecule has 2 aliphatic rings. The van der Waals surface area contributed by atoms with Gasteiger partial charge in [-0.3, -0.25) is 0 Å². The highest BCUT2D eigenvalue weighted by Gasteiger charge is 2.31. The van der Waals surface area contributed by atoms with E-state index >= 15 is 0 Å². The Balaban J connectivity index is 2.60. The van der Waals surface area contributed by atoms with Crippen molar-refractivity contribution in [3.63, 3.8) is 0 Å². The third-order valence-electron chi connectivity index (χ3n) is 3.69. The molecule has 0 unspecified atom stereocenters. The van der Waals surface area contributed by atoms with E-state index in [-0.39, 0.29) is 24.3 Å². The second kappa shape index (κ2) is 8.88. The van der Waals surface area contributed by atoms with Gasteiger partial charge in [-0.05, 0) is 52.7 Å². The van der Waals surface area contributed by atoms with E-state index in [0.717, 1.165) is 0 Å². The minimum Gasteiger partial charge on any atom is -0.456 e. The van der Waals surface area contributed by atoms with Crippen molar-refractivity contribution in [1.82, 2.24) is 0 Å². The third kappa shape index (κ3) is 6.46. The fraction of sp³-hybridized carbons (Fsp3) is 0.545. The number of fused-ring (bicyclic) bond motifs is 8. The Hall–Kier alpha value is -2.18. The van der Waals surface area contributed by atoms with Crippen molar-refractivity contribution >= 4 is 11.9 Å². The van der Waals surface area contributed by atoms with Crippen LogP contribution in [0.4, 0.5) is 0 Å². The van der Waals surface area contributed by atoms with Gasteiger partial charge in [0.15, 0.2) is 0 Å². The second-order valence-corrected chi connectivity index (χ2v) is 8.64. The van der Waals surface area contributed by atoms with Gasteiger partial charge in [-0.2, -0.15) is 0 Å². The average molecular weight is 390 g/mol. The summed E-state index contributed by atoms with van der Waals surface area (Å²) in [5.74, 6) is -1.16. The number of carbonyl (C=O) groups excluding carboxylic acids is 2. The van der Waals surface area contributed by atoms with Crippen molar-refractivity contribution in [2.75, 3.05) is 13.2 Å². The van der Waals surface area contributed by atoms with Crippen molar-refractivity contribution in [3.8, 4) is 0 Å². The molecule has 0 radical (unpaired) electrons. The molecule has 0 saturated heterocycles. The van der Waals surface area contributed by atoms with Crippen LogP contribution in [-0.2, 0) is 32.2 Å². The van der Waals surface area contributed by atoms with Crippen molar-refractivity contribution in [3.05, 3.63) is 46.5 Å². The Kier molecular flexibility index (Phi) is 7.01. The first-order valence-corrected chi connectivity index (χ1v) is 9.40. The molecule has 154 valence electrons. The average Bonchev–Trinajstić information content (AvgIpc) is 2.51. The molecule has 1 aromatic rings. The van der Waals surface area contributed by atoms with Crippen molar-refractivity contribution in [2.24, 2.45) is 0 Å². The van der Waals surface area contributed by atoms with Crippen LogP contribution in [0, 0.1) is 0 Å². The molecule has 0 amide bonds. The Labute approximate surface area is 166 Å². The SMILES string of the molecule is CC(C)(C)OC(=O)c1c2ccc(c1C(=O)OC(C)(C)C)COC/C=C/COC2. The van der Waals surface area contributed by atoms with Crippen molar-refractivity contribution in [2.45, 2.75) is 66.0 Å². The summed E-state index contributed by atoms with van der Waals surface area (Å²) in [5.41, 5.74) is 0.0904. The largest absolute Gasteiger partial charge is 0.456 e. The van der Waals surface area contributed by atoms with Crippen LogP contribution >= 0.6 is 0 Å². The summed E-state index contributed by atoms with van der Waals surface area (Å²) in [4.78, 5) is 26.1. The van der Waals surface area contributed by atoms with Gasteiger partial charge in [0.05, 0.1) is 37.6 Å². The van der Waals surface area contributed by atoms with Crippen LogP contribution in [0.25, 0.3) is 0 Å². The monoisotopic (exact) mass is 390 g/mol. The summed E-state index contributed by atoms with van der Waals surface area (Å²) >= 11 is 0. The number of hydrogen-bond acceptors (Lipinski definition) is 6. The number of carbonyl (C=O) groups is 2. The van der Waals surface area contributed by atoms with Crippen LogP contribution in [0.2, 0.25) is 0 Å².